The summed E-state index contributed by atoms with van der Waals surface area (Å²) in [7, 11) is 6.21. The van der Waals surface area contributed by atoms with Gasteiger partial charge in [0.25, 0.3) is 0 Å². The molecule has 0 aromatic carbocycles. The molecule has 5 nitrogen and oxygen atoms in total. The van der Waals surface area contributed by atoms with E-state index in [1.54, 1.807) is 0 Å². The third-order valence-electron chi connectivity index (χ3n) is 5.36. The molecule has 0 radical (unpaired) electrons. The van der Waals surface area contributed by atoms with Crippen LogP contribution in [-0.4, -0.2) is 63.8 Å². The third-order valence-corrected chi connectivity index (χ3v) is 5.36. The minimum atomic E-state index is 0. The second-order valence-corrected chi connectivity index (χ2v) is 8.76. The van der Waals surface area contributed by atoms with E-state index >= 15 is 0 Å². The summed E-state index contributed by atoms with van der Waals surface area (Å²) in [4.78, 5) is 6.74. The van der Waals surface area contributed by atoms with Crippen molar-refractivity contribution >= 4 is 29.9 Å². The van der Waals surface area contributed by atoms with E-state index in [1.165, 1.54) is 19.3 Å². The largest absolute Gasteiger partial charge is 0.377 e. The van der Waals surface area contributed by atoms with Gasteiger partial charge in [-0.2, -0.15) is 0 Å². The molecule has 2 fully saturated rings. The maximum atomic E-state index is 6.08. The highest BCUT2D eigenvalue weighted by Crippen LogP contribution is 2.34. The Balaban J connectivity index is 0.00000312. The van der Waals surface area contributed by atoms with Crippen LogP contribution in [0, 0.1) is 17.3 Å². The fourth-order valence-electron chi connectivity index (χ4n) is 3.91. The highest BCUT2D eigenvalue weighted by atomic mass is 127. The molecule has 1 heterocycles. The first-order chi connectivity index (χ1) is 11.3. The van der Waals surface area contributed by atoms with Gasteiger partial charge in [0.15, 0.2) is 5.96 Å². The van der Waals surface area contributed by atoms with Gasteiger partial charge in [0, 0.05) is 38.7 Å². The van der Waals surface area contributed by atoms with Crippen molar-refractivity contribution in [1.82, 2.24) is 15.5 Å². The molecule has 1 aliphatic heterocycles. The van der Waals surface area contributed by atoms with Gasteiger partial charge >= 0.3 is 0 Å². The summed E-state index contributed by atoms with van der Waals surface area (Å²) in [5, 5.41) is 7.06. The number of nitrogens with one attached hydrogen (secondary N) is 2. The summed E-state index contributed by atoms with van der Waals surface area (Å²) in [6.07, 6.45) is 5.44. The van der Waals surface area contributed by atoms with E-state index in [0.717, 1.165) is 38.0 Å². The van der Waals surface area contributed by atoms with Crippen LogP contribution in [0.4, 0.5) is 0 Å². The van der Waals surface area contributed by atoms with Crippen molar-refractivity contribution in [2.75, 3.05) is 40.8 Å². The van der Waals surface area contributed by atoms with Crippen molar-refractivity contribution in [2.45, 2.75) is 58.6 Å². The Hall–Kier alpha value is -0.0800. The van der Waals surface area contributed by atoms with Crippen LogP contribution in [-0.2, 0) is 4.74 Å². The molecule has 2 N–H and O–H groups in total. The van der Waals surface area contributed by atoms with Gasteiger partial charge in [0.05, 0.1) is 6.10 Å². The lowest BCUT2D eigenvalue weighted by Gasteiger charge is -2.40. The van der Waals surface area contributed by atoms with E-state index in [0.29, 0.717) is 18.1 Å². The first-order valence-electron chi connectivity index (χ1n) is 9.55. The Morgan fingerprint density at radius 3 is 2.40 bits per heavy atom. The molecule has 2 rings (SSSR count). The first-order valence-corrected chi connectivity index (χ1v) is 9.55. The normalized spacial score (nSPS) is 26.1. The molecule has 0 aromatic heterocycles. The Morgan fingerprint density at radius 2 is 1.88 bits per heavy atom. The number of hydrogen-bond donors (Lipinski definition) is 2. The van der Waals surface area contributed by atoms with Gasteiger partial charge in [-0.3, -0.25) is 4.99 Å². The van der Waals surface area contributed by atoms with Gasteiger partial charge in [0.2, 0.25) is 0 Å². The highest BCUT2D eigenvalue weighted by molar-refractivity contribution is 14.0. The SMILES string of the molecule is CN=C(NCC1CCCOC1C(C)(C)C)NCC(C1CC1)N(C)C.I. The van der Waals surface area contributed by atoms with Crippen molar-refractivity contribution in [3.8, 4) is 0 Å². The van der Waals surface area contributed by atoms with E-state index in [2.05, 4.69) is 55.4 Å². The average Bonchev–Trinajstić information content (AvgIpc) is 3.34. The summed E-state index contributed by atoms with van der Waals surface area (Å²) in [5.74, 6) is 2.31. The number of rotatable bonds is 6. The summed E-state index contributed by atoms with van der Waals surface area (Å²) in [5.41, 5.74) is 0.186. The van der Waals surface area contributed by atoms with Crippen molar-refractivity contribution in [3.05, 3.63) is 0 Å². The fourth-order valence-corrected chi connectivity index (χ4v) is 3.91. The summed E-state index contributed by atoms with van der Waals surface area (Å²) >= 11 is 0. The predicted molar refractivity (Wildman–Crippen MR) is 117 cm³/mol. The predicted octanol–water partition coefficient (Wildman–Crippen LogP) is 2.95. The van der Waals surface area contributed by atoms with E-state index in [-0.39, 0.29) is 29.4 Å². The molecule has 0 spiro atoms. The molecule has 0 amide bonds. The van der Waals surface area contributed by atoms with Crippen LogP contribution in [0.25, 0.3) is 0 Å². The second-order valence-electron chi connectivity index (χ2n) is 8.76. The van der Waals surface area contributed by atoms with Gasteiger partial charge in [-0.1, -0.05) is 20.8 Å². The van der Waals surface area contributed by atoms with Crippen molar-refractivity contribution < 1.29 is 4.74 Å². The first kappa shape index (κ1) is 23.0. The fraction of sp³-hybridized carbons (Fsp3) is 0.947. The number of nitrogens with zero attached hydrogens (tertiary/aromatic N) is 2. The maximum Gasteiger partial charge on any atom is 0.191 e. The third kappa shape index (κ3) is 7.21. The Morgan fingerprint density at radius 1 is 1.20 bits per heavy atom. The number of guanidine groups is 1. The number of ether oxygens (including phenoxy) is 1. The average molecular weight is 466 g/mol. The zero-order valence-corrected chi connectivity index (χ0v) is 19.3. The van der Waals surface area contributed by atoms with Crippen LogP contribution < -0.4 is 10.6 Å². The Bertz CT molecular complexity index is 416. The number of halogens is 1. The number of likely N-dealkylation sites (N-methyl/N-ethyl adjacent to an activating group) is 1. The van der Waals surface area contributed by atoms with Crippen molar-refractivity contribution in [3.63, 3.8) is 0 Å². The lowest BCUT2D eigenvalue weighted by molar-refractivity contribution is -0.0835. The van der Waals surface area contributed by atoms with Gasteiger partial charge < -0.3 is 20.3 Å². The monoisotopic (exact) mass is 466 g/mol. The van der Waals surface area contributed by atoms with Crippen LogP contribution >= 0.6 is 24.0 Å². The van der Waals surface area contributed by atoms with Gasteiger partial charge in [0.1, 0.15) is 0 Å². The van der Waals surface area contributed by atoms with Gasteiger partial charge in [-0.05, 0) is 51.1 Å². The van der Waals surface area contributed by atoms with Crippen LogP contribution in [0.3, 0.4) is 0 Å². The molecule has 1 saturated carbocycles. The maximum absolute atomic E-state index is 6.08. The highest BCUT2D eigenvalue weighted by Gasteiger charge is 2.35. The van der Waals surface area contributed by atoms with Crippen molar-refractivity contribution in [2.24, 2.45) is 22.2 Å². The molecule has 2 aliphatic rings. The standard InChI is InChI=1S/C19H38N4O.HI/c1-19(2,3)17-15(8-7-11-24-17)12-21-18(20-4)22-13-16(23(5)6)14-9-10-14;/h14-17H,7-13H2,1-6H3,(H2,20,21,22);1H. The van der Waals surface area contributed by atoms with Crippen molar-refractivity contribution in [1.29, 1.82) is 0 Å². The molecule has 148 valence electrons. The van der Waals surface area contributed by atoms with Gasteiger partial charge in [-0.15, -0.1) is 24.0 Å². The minimum absolute atomic E-state index is 0. The molecule has 1 aliphatic carbocycles. The summed E-state index contributed by atoms with van der Waals surface area (Å²) < 4.78 is 6.08. The van der Waals surface area contributed by atoms with E-state index in [9.17, 15) is 0 Å². The lowest BCUT2D eigenvalue weighted by atomic mass is 9.78. The molecule has 3 unspecified atom stereocenters. The quantitative estimate of drug-likeness (QED) is 0.359. The lowest BCUT2D eigenvalue weighted by Crippen LogP contribution is -2.49. The zero-order valence-electron chi connectivity index (χ0n) is 17.0. The molecular formula is C19H39IN4O. The molecular weight excluding hydrogens is 427 g/mol. The molecule has 25 heavy (non-hydrogen) atoms. The molecule has 0 bridgehead atoms. The summed E-state index contributed by atoms with van der Waals surface area (Å²) in [6, 6.07) is 0.601. The Kier molecular flexibility index (Phi) is 9.46. The number of aliphatic imine (C=N–C) groups is 1. The second kappa shape index (κ2) is 10.3. The van der Waals surface area contributed by atoms with E-state index < -0.39 is 0 Å². The van der Waals surface area contributed by atoms with Crippen LogP contribution in [0.5, 0.6) is 0 Å². The topological polar surface area (TPSA) is 48.9 Å². The van der Waals surface area contributed by atoms with Crippen LogP contribution in [0.2, 0.25) is 0 Å². The van der Waals surface area contributed by atoms with E-state index in [1.807, 2.05) is 7.05 Å². The van der Waals surface area contributed by atoms with Crippen LogP contribution in [0.1, 0.15) is 46.5 Å². The summed E-state index contributed by atoms with van der Waals surface area (Å²) in [6.45, 7) is 9.62. The zero-order chi connectivity index (χ0) is 17.7. The van der Waals surface area contributed by atoms with Gasteiger partial charge in [-0.25, -0.2) is 0 Å². The van der Waals surface area contributed by atoms with E-state index in [4.69, 9.17) is 4.74 Å². The minimum Gasteiger partial charge on any atom is -0.377 e. The molecule has 0 aromatic rings. The smallest absolute Gasteiger partial charge is 0.191 e. The van der Waals surface area contributed by atoms with Crippen LogP contribution in [0.15, 0.2) is 4.99 Å². The molecule has 3 atom stereocenters. The number of hydrogen-bond acceptors (Lipinski definition) is 3. The molecule has 1 saturated heterocycles. The Labute approximate surface area is 171 Å². The molecule has 6 heteroatoms.